The van der Waals surface area contributed by atoms with Gasteiger partial charge in [0.1, 0.15) is 0 Å². The molecule has 0 amide bonds. The van der Waals surface area contributed by atoms with Crippen LogP contribution in [-0.4, -0.2) is 70.3 Å². The number of aliphatic hydroxyl groups is 1. The van der Waals surface area contributed by atoms with Crippen LogP contribution < -0.4 is 0 Å². The first-order valence-electron chi connectivity index (χ1n) is 6.66. The lowest BCUT2D eigenvalue weighted by Gasteiger charge is -2.44. The van der Waals surface area contributed by atoms with E-state index in [1.54, 1.807) is 0 Å². The number of carboxylic acids is 1. The predicted molar refractivity (Wildman–Crippen MR) is 70.6 cm³/mol. The van der Waals surface area contributed by atoms with Crippen molar-refractivity contribution in [3.05, 3.63) is 0 Å². The summed E-state index contributed by atoms with van der Waals surface area (Å²) in [4.78, 5) is 15.4. The van der Waals surface area contributed by atoms with Gasteiger partial charge in [-0.3, -0.25) is 14.6 Å². The highest BCUT2D eigenvalue weighted by molar-refractivity contribution is 5.67. The van der Waals surface area contributed by atoms with E-state index in [2.05, 4.69) is 30.6 Å². The highest BCUT2D eigenvalue weighted by Gasteiger charge is 2.29. The third-order valence-corrected chi connectivity index (χ3v) is 3.65. The molecule has 1 aliphatic heterocycles. The quantitative estimate of drug-likeness (QED) is 0.757. The van der Waals surface area contributed by atoms with Crippen LogP contribution in [0.2, 0.25) is 0 Å². The van der Waals surface area contributed by atoms with Gasteiger partial charge in [-0.2, -0.15) is 0 Å². The maximum Gasteiger partial charge on any atom is 0.304 e. The summed E-state index contributed by atoms with van der Waals surface area (Å²) in [6.45, 7) is 10.3. The molecule has 5 nitrogen and oxygen atoms in total. The number of aliphatic hydroxyl groups excluding tert-OH is 1. The topological polar surface area (TPSA) is 64.0 Å². The van der Waals surface area contributed by atoms with Crippen LogP contribution in [0.3, 0.4) is 0 Å². The Balaban J connectivity index is 2.50. The zero-order chi connectivity index (χ0) is 13.8. The van der Waals surface area contributed by atoms with Crippen molar-refractivity contribution in [3.8, 4) is 0 Å². The summed E-state index contributed by atoms with van der Waals surface area (Å²) in [5, 5.41) is 17.9. The normalized spacial score (nSPS) is 20.9. The van der Waals surface area contributed by atoms with Gasteiger partial charge >= 0.3 is 5.97 Å². The highest BCUT2D eigenvalue weighted by Crippen LogP contribution is 2.18. The summed E-state index contributed by atoms with van der Waals surface area (Å²) in [5.74, 6) is -0.785. The standard InChI is InChI=1S/C13H26N2O3/c1-13(2,3)15-7-5-14(6-8-15)11(4-9-16)10-12(17)18/h11,16H,4-10H2,1-3H3,(H,17,18). The molecule has 2 N–H and O–H groups in total. The molecule has 1 heterocycles. The molecule has 1 aliphatic rings. The molecule has 1 unspecified atom stereocenters. The first-order valence-corrected chi connectivity index (χ1v) is 6.66. The Morgan fingerprint density at radius 1 is 1.22 bits per heavy atom. The fourth-order valence-corrected chi connectivity index (χ4v) is 2.52. The molecule has 1 saturated heterocycles. The number of nitrogens with zero attached hydrogens (tertiary/aromatic N) is 2. The minimum absolute atomic E-state index is 0.0328. The lowest BCUT2D eigenvalue weighted by Crippen LogP contribution is -2.56. The minimum Gasteiger partial charge on any atom is -0.481 e. The second kappa shape index (κ2) is 6.50. The van der Waals surface area contributed by atoms with Gasteiger partial charge in [0.2, 0.25) is 0 Å². The van der Waals surface area contributed by atoms with Crippen molar-refractivity contribution < 1.29 is 15.0 Å². The van der Waals surface area contributed by atoms with Gasteiger partial charge in [-0.1, -0.05) is 0 Å². The van der Waals surface area contributed by atoms with Crippen LogP contribution in [-0.2, 0) is 4.79 Å². The maximum absolute atomic E-state index is 10.8. The van der Waals surface area contributed by atoms with Crippen molar-refractivity contribution in [3.63, 3.8) is 0 Å². The van der Waals surface area contributed by atoms with E-state index in [0.29, 0.717) is 6.42 Å². The first-order chi connectivity index (χ1) is 8.34. The molecule has 5 heteroatoms. The van der Waals surface area contributed by atoms with E-state index in [4.69, 9.17) is 10.2 Å². The van der Waals surface area contributed by atoms with Gasteiger partial charge < -0.3 is 10.2 Å². The lowest BCUT2D eigenvalue weighted by molar-refractivity contribution is -0.138. The van der Waals surface area contributed by atoms with E-state index in [0.717, 1.165) is 26.2 Å². The molecule has 0 radical (unpaired) electrons. The summed E-state index contributed by atoms with van der Waals surface area (Å²) in [7, 11) is 0. The average molecular weight is 258 g/mol. The summed E-state index contributed by atoms with van der Waals surface area (Å²) in [6, 6.07) is -0.0328. The molecule has 106 valence electrons. The predicted octanol–water partition coefficient (Wildman–Crippen LogP) is 0.628. The number of aliphatic carboxylic acids is 1. The maximum atomic E-state index is 10.8. The van der Waals surface area contributed by atoms with E-state index in [1.807, 2.05) is 0 Å². The minimum atomic E-state index is -0.785. The van der Waals surface area contributed by atoms with E-state index >= 15 is 0 Å². The molecule has 0 aliphatic carbocycles. The van der Waals surface area contributed by atoms with Crippen LogP contribution >= 0.6 is 0 Å². The van der Waals surface area contributed by atoms with Crippen LogP contribution in [0.15, 0.2) is 0 Å². The van der Waals surface area contributed by atoms with E-state index in [1.165, 1.54) is 0 Å². The van der Waals surface area contributed by atoms with Gasteiger partial charge in [-0.15, -0.1) is 0 Å². The van der Waals surface area contributed by atoms with Crippen molar-refractivity contribution in [2.75, 3.05) is 32.8 Å². The molecular weight excluding hydrogens is 232 g/mol. The third-order valence-electron chi connectivity index (χ3n) is 3.65. The molecule has 0 bridgehead atoms. The van der Waals surface area contributed by atoms with Crippen molar-refractivity contribution in [2.45, 2.75) is 45.2 Å². The Labute approximate surface area is 109 Å². The summed E-state index contributed by atoms with van der Waals surface area (Å²) < 4.78 is 0. The molecule has 1 rings (SSSR count). The Hall–Kier alpha value is -0.650. The molecular formula is C13H26N2O3. The van der Waals surface area contributed by atoms with Crippen molar-refractivity contribution in [1.82, 2.24) is 9.80 Å². The lowest BCUT2D eigenvalue weighted by atomic mass is 10.0. The Morgan fingerprint density at radius 3 is 2.17 bits per heavy atom. The number of hydrogen-bond acceptors (Lipinski definition) is 4. The molecule has 0 saturated carbocycles. The smallest absolute Gasteiger partial charge is 0.304 e. The Bertz CT molecular complexity index is 268. The molecule has 18 heavy (non-hydrogen) atoms. The fraction of sp³-hybridized carbons (Fsp3) is 0.923. The van der Waals surface area contributed by atoms with Crippen LogP contribution in [0.25, 0.3) is 0 Å². The van der Waals surface area contributed by atoms with E-state index in [-0.39, 0.29) is 24.6 Å². The van der Waals surface area contributed by atoms with Gasteiger partial charge in [0.05, 0.1) is 6.42 Å². The Morgan fingerprint density at radius 2 is 1.78 bits per heavy atom. The van der Waals surface area contributed by atoms with Crippen molar-refractivity contribution >= 4 is 5.97 Å². The third kappa shape index (κ3) is 4.55. The van der Waals surface area contributed by atoms with Crippen LogP contribution in [0.4, 0.5) is 0 Å². The summed E-state index contributed by atoms with van der Waals surface area (Å²) in [6.07, 6.45) is 0.665. The van der Waals surface area contributed by atoms with Crippen LogP contribution in [0, 0.1) is 0 Å². The number of carboxylic acid groups (broad SMARTS) is 1. The van der Waals surface area contributed by atoms with Crippen molar-refractivity contribution in [2.24, 2.45) is 0 Å². The largest absolute Gasteiger partial charge is 0.481 e. The van der Waals surface area contributed by atoms with Crippen molar-refractivity contribution in [1.29, 1.82) is 0 Å². The zero-order valence-corrected chi connectivity index (χ0v) is 11.7. The summed E-state index contributed by atoms with van der Waals surface area (Å²) >= 11 is 0. The van der Waals surface area contributed by atoms with Gasteiger partial charge in [0, 0.05) is 44.4 Å². The molecule has 0 aromatic heterocycles. The van der Waals surface area contributed by atoms with E-state index < -0.39 is 5.97 Å². The first kappa shape index (κ1) is 15.4. The number of hydrogen-bond donors (Lipinski definition) is 2. The molecule has 1 atom stereocenters. The number of rotatable bonds is 5. The molecule has 0 spiro atoms. The molecule has 0 aromatic rings. The number of piperazine rings is 1. The second-order valence-electron chi connectivity index (χ2n) is 5.96. The van der Waals surface area contributed by atoms with E-state index in [9.17, 15) is 4.79 Å². The monoisotopic (exact) mass is 258 g/mol. The summed E-state index contributed by atoms with van der Waals surface area (Å²) in [5.41, 5.74) is 0.172. The molecule has 1 fully saturated rings. The highest BCUT2D eigenvalue weighted by atomic mass is 16.4. The zero-order valence-electron chi connectivity index (χ0n) is 11.7. The van der Waals surface area contributed by atoms with Crippen LogP contribution in [0.1, 0.15) is 33.6 Å². The van der Waals surface area contributed by atoms with Crippen LogP contribution in [0.5, 0.6) is 0 Å². The Kier molecular flexibility index (Phi) is 5.56. The fourth-order valence-electron chi connectivity index (χ4n) is 2.52. The van der Waals surface area contributed by atoms with Gasteiger partial charge in [-0.25, -0.2) is 0 Å². The number of carbonyl (C=O) groups is 1. The molecule has 0 aromatic carbocycles. The second-order valence-corrected chi connectivity index (χ2v) is 5.96. The average Bonchev–Trinajstić information content (AvgIpc) is 2.27. The van der Waals surface area contributed by atoms with Gasteiger partial charge in [-0.05, 0) is 27.2 Å². The van der Waals surface area contributed by atoms with Gasteiger partial charge in [0.15, 0.2) is 0 Å². The van der Waals surface area contributed by atoms with Gasteiger partial charge in [0.25, 0.3) is 0 Å². The SMILES string of the molecule is CC(C)(C)N1CCN(C(CCO)CC(=O)O)CC1.